The average Bonchev–Trinajstić information content (AvgIpc) is 1.94. The molecule has 0 saturated heterocycles. The van der Waals surface area contributed by atoms with Gasteiger partial charge in [0.25, 0.3) is 0 Å². The molecule has 0 heterocycles. The summed E-state index contributed by atoms with van der Waals surface area (Å²) >= 11 is 0. The zero-order valence-electron chi connectivity index (χ0n) is 51.4. The molecule has 11 amide bonds. The standard InChI is InChI=1S/C59H93N13O16/c1-9-32(7)48(72-58(86)49(33(8)10-2)71-56(84)47(31(5)6)70-50(78)38(61)29-73)57(85)68-41(25-30(3)4)53(81)64-39(13-11-12-24-60)51(79)66-42(26-34-14-18-36(74)19-15-34)54(82)67-43(28-46(63)77)55(83)65-40(22-23-45(62)76)52(80)69-44(59(87)88)27-35-16-20-37(75)21-17-35/h14-21,30-33,38-44,47-49,73-75H,9-13,22-29,60-61H2,1-8H3,(H2,62,76)(H2,63,77)(H,64,81)(H,65,83)(H,66,79)(H,67,82)(H,68,85)(H,69,80)(H,70,78)(H,71,84)(H,72,86)(H,87,88)/t32-,33-,38-,39-,40-,41-,42-,43-,44-,47-,48-,49-/m0/s1. The van der Waals surface area contributed by atoms with Gasteiger partial charge in [0.1, 0.15) is 71.9 Å². The lowest BCUT2D eigenvalue weighted by Crippen LogP contribution is -2.62. The number of aromatic hydroxyl groups is 2. The molecule has 0 fully saturated rings. The van der Waals surface area contributed by atoms with Crippen LogP contribution in [0.3, 0.4) is 0 Å². The van der Waals surface area contributed by atoms with Gasteiger partial charge in [0.2, 0.25) is 65.0 Å². The highest BCUT2D eigenvalue weighted by atomic mass is 16.4. The minimum absolute atomic E-state index is 0.0177. The number of hydrogen-bond acceptors (Lipinski definition) is 17. The van der Waals surface area contributed by atoms with Crippen LogP contribution >= 0.6 is 0 Å². The molecule has 21 N–H and O–H groups in total. The number of carboxylic acid groups (broad SMARTS) is 1. The van der Waals surface area contributed by atoms with Crippen molar-refractivity contribution in [2.75, 3.05) is 13.2 Å². The molecular formula is C59H93N13O16. The van der Waals surface area contributed by atoms with Crippen LogP contribution in [0, 0.1) is 23.7 Å². The molecule has 0 saturated carbocycles. The summed E-state index contributed by atoms with van der Waals surface area (Å²) in [6, 6.07) is -3.60. The van der Waals surface area contributed by atoms with Crippen molar-refractivity contribution in [1.29, 1.82) is 0 Å². The van der Waals surface area contributed by atoms with Crippen LogP contribution in [0.25, 0.3) is 0 Å². The molecule has 0 aliphatic heterocycles. The second kappa shape index (κ2) is 38.0. The fourth-order valence-corrected chi connectivity index (χ4v) is 8.97. The second-order valence-electron chi connectivity index (χ2n) is 22.8. The number of unbranched alkanes of at least 4 members (excludes halogenated alkanes) is 1. The highest BCUT2D eigenvalue weighted by molar-refractivity contribution is 5.99. The zero-order chi connectivity index (χ0) is 66.5. The van der Waals surface area contributed by atoms with E-state index < -0.39 is 175 Å². The summed E-state index contributed by atoms with van der Waals surface area (Å²) in [5.74, 6) is -13.7. The first-order valence-electron chi connectivity index (χ1n) is 29.5. The average molecular weight is 1240 g/mol. The molecular weight excluding hydrogens is 1150 g/mol. The molecule has 88 heavy (non-hydrogen) atoms. The molecule has 0 aliphatic rings. The van der Waals surface area contributed by atoms with Crippen LogP contribution in [-0.2, 0) is 70.4 Å². The fraction of sp³-hybridized carbons (Fsp3) is 0.593. The Labute approximate surface area is 512 Å². The molecule has 2 aromatic carbocycles. The molecule has 0 spiro atoms. The first kappa shape index (κ1) is 75.7. The number of carbonyl (C=O) groups is 12. The largest absolute Gasteiger partial charge is 0.508 e. The van der Waals surface area contributed by atoms with Crippen LogP contribution < -0.4 is 70.8 Å². The van der Waals surface area contributed by atoms with E-state index in [0.717, 1.165) is 0 Å². The normalized spacial score (nSPS) is 15.3. The summed E-state index contributed by atoms with van der Waals surface area (Å²) in [5, 5.41) is 62.2. The Balaban J connectivity index is 2.55. The molecule has 0 aliphatic carbocycles. The van der Waals surface area contributed by atoms with E-state index in [1.54, 1.807) is 55.4 Å². The predicted octanol–water partition coefficient (Wildman–Crippen LogP) is -2.29. The molecule has 2 aromatic rings. The number of aliphatic carboxylic acids is 1. The number of aliphatic hydroxyl groups is 1. The predicted molar refractivity (Wildman–Crippen MR) is 322 cm³/mol. The van der Waals surface area contributed by atoms with Crippen LogP contribution in [0.2, 0.25) is 0 Å². The van der Waals surface area contributed by atoms with Gasteiger partial charge in [-0.2, -0.15) is 0 Å². The number of carboxylic acids is 1. The number of rotatable bonds is 40. The maximum Gasteiger partial charge on any atom is 0.326 e. The maximum atomic E-state index is 14.6. The van der Waals surface area contributed by atoms with Gasteiger partial charge in [-0.1, -0.05) is 92.5 Å². The molecule has 29 heteroatoms. The number of aliphatic hydroxyl groups excluding tert-OH is 1. The Hall–Kier alpha value is -8.44. The van der Waals surface area contributed by atoms with Crippen LogP contribution in [0.1, 0.15) is 124 Å². The van der Waals surface area contributed by atoms with Crippen molar-refractivity contribution in [2.24, 2.45) is 46.6 Å². The van der Waals surface area contributed by atoms with Crippen molar-refractivity contribution in [1.82, 2.24) is 47.9 Å². The van der Waals surface area contributed by atoms with Gasteiger partial charge in [-0.25, -0.2) is 4.79 Å². The van der Waals surface area contributed by atoms with Crippen molar-refractivity contribution in [3.63, 3.8) is 0 Å². The maximum absolute atomic E-state index is 14.6. The Morgan fingerprint density at radius 3 is 1.28 bits per heavy atom. The molecule has 2 rings (SSSR count). The van der Waals surface area contributed by atoms with Crippen LogP contribution in [0.4, 0.5) is 0 Å². The van der Waals surface area contributed by atoms with Gasteiger partial charge < -0.3 is 91.2 Å². The summed E-state index contributed by atoms with van der Waals surface area (Å²) in [6.07, 6.45) is -1.13. The van der Waals surface area contributed by atoms with Gasteiger partial charge in [-0.15, -0.1) is 0 Å². The summed E-state index contributed by atoms with van der Waals surface area (Å²) < 4.78 is 0. The summed E-state index contributed by atoms with van der Waals surface area (Å²) in [7, 11) is 0. The Kier molecular flexibility index (Phi) is 32.6. The quantitative estimate of drug-likeness (QED) is 0.0312. The summed E-state index contributed by atoms with van der Waals surface area (Å²) in [5.41, 5.74) is 23.1. The number of nitrogens with one attached hydrogen (secondary N) is 9. The lowest BCUT2D eigenvalue weighted by Gasteiger charge is -2.32. The molecule has 0 aromatic heterocycles. The monoisotopic (exact) mass is 1240 g/mol. The van der Waals surface area contributed by atoms with Gasteiger partial charge in [-0.05, 0) is 97.7 Å². The lowest BCUT2D eigenvalue weighted by molar-refractivity contribution is -0.142. The first-order valence-corrected chi connectivity index (χ1v) is 29.5. The third-order valence-electron chi connectivity index (χ3n) is 14.6. The minimum Gasteiger partial charge on any atom is -0.508 e. The van der Waals surface area contributed by atoms with Gasteiger partial charge >= 0.3 is 5.97 Å². The Morgan fingerprint density at radius 1 is 0.466 bits per heavy atom. The lowest BCUT2D eigenvalue weighted by atomic mass is 9.93. The van der Waals surface area contributed by atoms with Crippen molar-refractivity contribution in [3.8, 4) is 11.5 Å². The fourth-order valence-electron chi connectivity index (χ4n) is 8.97. The van der Waals surface area contributed by atoms with E-state index in [2.05, 4.69) is 47.9 Å². The third-order valence-corrected chi connectivity index (χ3v) is 14.6. The number of primary amides is 2. The number of hydrogen-bond donors (Lipinski definition) is 17. The summed E-state index contributed by atoms with van der Waals surface area (Å²) in [4.78, 5) is 163. The van der Waals surface area contributed by atoms with E-state index in [1.807, 2.05) is 0 Å². The third kappa shape index (κ3) is 26.3. The van der Waals surface area contributed by atoms with Crippen molar-refractivity contribution >= 4 is 70.9 Å². The topological polar surface area (TPSA) is 498 Å². The van der Waals surface area contributed by atoms with Crippen LogP contribution in [-0.4, -0.2) is 165 Å². The number of benzene rings is 2. The van der Waals surface area contributed by atoms with E-state index in [4.69, 9.17) is 22.9 Å². The molecule has 0 unspecified atom stereocenters. The number of phenols is 2. The highest BCUT2D eigenvalue weighted by Gasteiger charge is 2.38. The highest BCUT2D eigenvalue weighted by Crippen LogP contribution is 2.18. The van der Waals surface area contributed by atoms with Crippen molar-refractivity contribution < 1.29 is 78.0 Å². The summed E-state index contributed by atoms with van der Waals surface area (Å²) in [6.45, 7) is 13.4. The van der Waals surface area contributed by atoms with Crippen molar-refractivity contribution in [2.45, 2.75) is 186 Å². The molecule has 0 bridgehead atoms. The number of phenolic OH excluding ortho intramolecular Hbond substituents is 2. The van der Waals surface area contributed by atoms with Gasteiger partial charge in [-0.3, -0.25) is 52.7 Å². The molecule has 12 atom stereocenters. The van der Waals surface area contributed by atoms with Crippen LogP contribution in [0.15, 0.2) is 48.5 Å². The number of amides is 11. The second-order valence-corrected chi connectivity index (χ2v) is 22.8. The molecule has 0 radical (unpaired) electrons. The van der Waals surface area contributed by atoms with E-state index in [1.165, 1.54) is 48.5 Å². The van der Waals surface area contributed by atoms with Gasteiger partial charge in [0.15, 0.2) is 0 Å². The van der Waals surface area contributed by atoms with E-state index in [-0.39, 0.29) is 56.1 Å². The van der Waals surface area contributed by atoms with E-state index >= 15 is 0 Å². The van der Waals surface area contributed by atoms with Gasteiger partial charge in [0, 0.05) is 19.3 Å². The van der Waals surface area contributed by atoms with Gasteiger partial charge in [0.05, 0.1) is 13.0 Å². The number of carbonyl (C=O) groups excluding carboxylic acids is 11. The van der Waals surface area contributed by atoms with Crippen LogP contribution in [0.5, 0.6) is 11.5 Å². The van der Waals surface area contributed by atoms with E-state index in [0.29, 0.717) is 30.4 Å². The zero-order valence-corrected chi connectivity index (χ0v) is 51.4. The molecule has 29 nitrogen and oxygen atoms in total. The Bertz CT molecular complexity index is 2680. The molecule has 490 valence electrons. The Morgan fingerprint density at radius 2 is 0.852 bits per heavy atom. The van der Waals surface area contributed by atoms with Crippen molar-refractivity contribution in [3.05, 3.63) is 59.7 Å². The first-order chi connectivity index (χ1) is 41.3. The minimum atomic E-state index is -1.88. The SMILES string of the molecule is CC[C@H](C)[C@H](NC(=O)[C@@H](NC(=O)[C@@H](N)CO)C(C)C)C(=O)N[C@H](C(=O)N[C@@H](CC(C)C)C(=O)N[C@@H](CCCCN)C(=O)N[C@@H](Cc1ccc(O)cc1)C(=O)N[C@@H](CC(N)=O)C(=O)N[C@@H](CCC(N)=O)C(=O)N[C@@H](Cc1ccc(O)cc1)C(=O)O)[C@@H](C)CC. The smallest absolute Gasteiger partial charge is 0.326 e. The van der Waals surface area contributed by atoms with E-state index in [9.17, 15) is 78.0 Å². The number of nitrogens with two attached hydrogens (primary N) is 4.